The standard InChI is InChI=1S/C18H24N2O2/c1-4-5-10-20-16(11-13(2)15(12-19)18(20)21)14-8-6-7-9-17(14)22-3/h6-9,11H,4-5,10,12,19H2,1-3H3. The number of hydrogen-bond donors (Lipinski definition) is 1. The topological polar surface area (TPSA) is 57.2 Å². The largest absolute Gasteiger partial charge is 0.496 e. The summed E-state index contributed by atoms with van der Waals surface area (Å²) in [6.45, 7) is 5.01. The van der Waals surface area contributed by atoms with E-state index >= 15 is 0 Å². The molecule has 0 aliphatic heterocycles. The van der Waals surface area contributed by atoms with Crippen LogP contribution in [0.15, 0.2) is 35.1 Å². The molecule has 2 aromatic rings. The summed E-state index contributed by atoms with van der Waals surface area (Å²) in [7, 11) is 1.65. The molecule has 0 saturated carbocycles. The lowest BCUT2D eigenvalue weighted by molar-refractivity contribution is 0.416. The van der Waals surface area contributed by atoms with Crippen LogP contribution in [0.1, 0.15) is 30.9 Å². The number of benzene rings is 1. The summed E-state index contributed by atoms with van der Waals surface area (Å²) in [6, 6.07) is 9.82. The maximum absolute atomic E-state index is 12.8. The molecule has 0 saturated heterocycles. The summed E-state index contributed by atoms with van der Waals surface area (Å²) in [4.78, 5) is 12.8. The van der Waals surface area contributed by atoms with Crippen molar-refractivity contribution in [1.29, 1.82) is 0 Å². The van der Waals surface area contributed by atoms with Crippen molar-refractivity contribution in [2.75, 3.05) is 7.11 Å². The number of pyridine rings is 1. The Balaban J connectivity index is 2.71. The van der Waals surface area contributed by atoms with Gasteiger partial charge in [0.15, 0.2) is 0 Å². The van der Waals surface area contributed by atoms with Gasteiger partial charge in [0, 0.05) is 24.2 Å². The third kappa shape index (κ3) is 3.07. The van der Waals surface area contributed by atoms with Gasteiger partial charge in [-0.25, -0.2) is 0 Å². The highest BCUT2D eigenvalue weighted by Crippen LogP contribution is 2.30. The number of ether oxygens (including phenoxy) is 1. The van der Waals surface area contributed by atoms with Crippen LogP contribution >= 0.6 is 0 Å². The van der Waals surface area contributed by atoms with E-state index in [2.05, 4.69) is 6.92 Å². The van der Waals surface area contributed by atoms with Gasteiger partial charge in [-0.2, -0.15) is 0 Å². The minimum Gasteiger partial charge on any atom is -0.496 e. The lowest BCUT2D eigenvalue weighted by Crippen LogP contribution is -2.28. The summed E-state index contributed by atoms with van der Waals surface area (Å²) in [6.07, 6.45) is 1.98. The van der Waals surface area contributed by atoms with Gasteiger partial charge in [-0.1, -0.05) is 25.5 Å². The Morgan fingerprint density at radius 3 is 2.64 bits per heavy atom. The lowest BCUT2D eigenvalue weighted by atomic mass is 10.0. The van der Waals surface area contributed by atoms with Gasteiger partial charge in [-0.3, -0.25) is 4.79 Å². The van der Waals surface area contributed by atoms with Crippen molar-refractivity contribution in [3.8, 4) is 17.0 Å². The number of nitrogens with two attached hydrogens (primary N) is 1. The molecule has 22 heavy (non-hydrogen) atoms. The molecule has 0 aliphatic rings. The van der Waals surface area contributed by atoms with Crippen LogP contribution in [-0.4, -0.2) is 11.7 Å². The summed E-state index contributed by atoms with van der Waals surface area (Å²) in [5.74, 6) is 0.770. The van der Waals surface area contributed by atoms with E-state index < -0.39 is 0 Å². The van der Waals surface area contributed by atoms with E-state index in [4.69, 9.17) is 10.5 Å². The zero-order chi connectivity index (χ0) is 16.1. The molecule has 0 amide bonds. The molecule has 1 aromatic heterocycles. The van der Waals surface area contributed by atoms with Gasteiger partial charge in [-0.05, 0) is 37.1 Å². The Labute approximate surface area is 131 Å². The Morgan fingerprint density at radius 2 is 2.00 bits per heavy atom. The fraction of sp³-hybridized carbons (Fsp3) is 0.389. The second-order valence-corrected chi connectivity index (χ2v) is 5.41. The summed E-state index contributed by atoms with van der Waals surface area (Å²) >= 11 is 0. The number of methoxy groups -OCH3 is 1. The van der Waals surface area contributed by atoms with Gasteiger partial charge < -0.3 is 15.0 Å². The molecule has 0 aliphatic carbocycles. The molecule has 0 bridgehead atoms. The number of nitrogens with zero attached hydrogens (tertiary/aromatic N) is 1. The molecule has 0 radical (unpaired) electrons. The van der Waals surface area contributed by atoms with Crippen LogP contribution in [0.4, 0.5) is 0 Å². The average Bonchev–Trinajstić information content (AvgIpc) is 2.54. The van der Waals surface area contributed by atoms with E-state index in [0.29, 0.717) is 12.1 Å². The maximum Gasteiger partial charge on any atom is 0.255 e. The van der Waals surface area contributed by atoms with Crippen molar-refractivity contribution in [2.45, 2.75) is 39.8 Å². The van der Waals surface area contributed by atoms with Crippen molar-refractivity contribution in [3.05, 3.63) is 51.8 Å². The van der Waals surface area contributed by atoms with Crippen molar-refractivity contribution in [3.63, 3.8) is 0 Å². The zero-order valence-corrected chi connectivity index (χ0v) is 13.6. The molecule has 0 fully saturated rings. The predicted octanol–water partition coefficient (Wildman–Crippen LogP) is 3.09. The number of aryl methyl sites for hydroxylation is 1. The summed E-state index contributed by atoms with van der Waals surface area (Å²) in [5.41, 5.74) is 9.22. The number of hydrogen-bond acceptors (Lipinski definition) is 3. The minimum absolute atomic E-state index is 0.0110. The van der Waals surface area contributed by atoms with E-state index in [1.165, 1.54) is 0 Å². The molecule has 0 unspecified atom stereocenters. The van der Waals surface area contributed by atoms with E-state index in [-0.39, 0.29) is 12.1 Å². The Bertz CT molecular complexity index is 705. The Hall–Kier alpha value is -2.07. The minimum atomic E-state index is 0.0110. The van der Waals surface area contributed by atoms with Crippen LogP contribution in [0, 0.1) is 6.92 Å². The normalized spacial score (nSPS) is 10.7. The SMILES string of the molecule is CCCCn1c(-c2ccccc2OC)cc(C)c(CN)c1=O. The van der Waals surface area contributed by atoms with Crippen LogP contribution < -0.4 is 16.0 Å². The fourth-order valence-electron chi connectivity index (χ4n) is 2.68. The summed E-state index contributed by atoms with van der Waals surface area (Å²) < 4.78 is 7.29. The lowest BCUT2D eigenvalue weighted by Gasteiger charge is -2.18. The van der Waals surface area contributed by atoms with E-state index in [9.17, 15) is 4.79 Å². The third-order valence-electron chi connectivity index (χ3n) is 3.95. The molecule has 4 nitrogen and oxygen atoms in total. The molecular weight excluding hydrogens is 276 g/mol. The number of rotatable bonds is 6. The summed E-state index contributed by atoms with van der Waals surface area (Å²) in [5, 5.41) is 0. The van der Waals surface area contributed by atoms with E-state index in [0.717, 1.165) is 35.4 Å². The van der Waals surface area contributed by atoms with E-state index in [1.54, 1.807) is 7.11 Å². The molecule has 0 spiro atoms. The fourth-order valence-corrected chi connectivity index (χ4v) is 2.68. The van der Waals surface area contributed by atoms with Crippen LogP contribution in [0.5, 0.6) is 5.75 Å². The molecule has 1 aromatic carbocycles. The van der Waals surface area contributed by atoms with Gasteiger partial charge in [-0.15, -0.1) is 0 Å². The van der Waals surface area contributed by atoms with Crippen LogP contribution in [-0.2, 0) is 13.1 Å². The predicted molar refractivity (Wildman–Crippen MR) is 90.2 cm³/mol. The van der Waals surface area contributed by atoms with Gasteiger partial charge >= 0.3 is 0 Å². The van der Waals surface area contributed by atoms with E-state index in [1.807, 2.05) is 41.8 Å². The molecule has 118 valence electrons. The first-order valence-corrected chi connectivity index (χ1v) is 7.70. The highest BCUT2D eigenvalue weighted by atomic mass is 16.5. The zero-order valence-electron chi connectivity index (χ0n) is 13.6. The van der Waals surface area contributed by atoms with Crippen molar-refractivity contribution < 1.29 is 4.74 Å². The molecule has 4 heteroatoms. The van der Waals surface area contributed by atoms with Crippen LogP contribution in [0.2, 0.25) is 0 Å². The van der Waals surface area contributed by atoms with Gasteiger partial charge in [0.25, 0.3) is 5.56 Å². The first-order chi connectivity index (χ1) is 10.6. The smallest absolute Gasteiger partial charge is 0.255 e. The third-order valence-corrected chi connectivity index (χ3v) is 3.95. The maximum atomic E-state index is 12.8. The van der Waals surface area contributed by atoms with Gasteiger partial charge in [0.1, 0.15) is 5.75 Å². The Kier molecular flexibility index (Phi) is 5.39. The number of unbranched alkanes of at least 4 members (excludes halogenated alkanes) is 1. The number of para-hydroxylation sites is 1. The Morgan fingerprint density at radius 1 is 1.27 bits per heavy atom. The molecule has 2 rings (SSSR count). The molecule has 0 atom stereocenters. The molecule has 2 N–H and O–H groups in total. The quantitative estimate of drug-likeness (QED) is 0.892. The molecular formula is C18H24N2O2. The molecule has 1 heterocycles. The second-order valence-electron chi connectivity index (χ2n) is 5.41. The number of aromatic nitrogens is 1. The van der Waals surface area contributed by atoms with Crippen molar-refractivity contribution in [1.82, 2.24) is 4.57 Å². The van der Waals surface area contributed by atoms with Crippen molar-refractivity contribution >= 4 is 0 Å². The van der Waals surface area contributed by atoms with Gasteiger partial charge in [0.05, 0.1) is 12.8 Å². The van der Waals surface area contributed by atoms with Crippen LogP contribution in [0.3, 0.4) is 0 Å². The first-order valence-electron chi connectivity index (χ1n) is 7.70. The highest BCUT2D eigenvalue weighted by molar-refractivity contribution is 5.68. The van der Waals surface area contributed by atoms with Gasteiger partial charge in [0.2, 0.25) is 0 Å². The van der Waals surface area contributed by atoms with Crippen LogP contribution in [0.25, 0.3) is 11.3 Å². The second kappa shape index (κ2) is 7.27. The first kappa shape index (κ1) is 16.3. The monoisotopic (exact) mass is 300 g/mol. The van der Waals surface area contributed by atoms with Crippen molar-refractivity contribution in [2.24, 2.45) is 5.73 Å². The average molecular weight is 300 g/mol. The highest BCUT2D eigenvalue weighted by Gasteiger charge is 2.15.